The average molecular weight is 270 g/mol. The van der Waals surface area contributed by atoms with Crippen LogP contribution in [0.1, 0.15) is 39.5 Å². The van der Waals surface area contributed by atoms with Crippen molar-refractivity contribution in [2.24, 2.45) is 0 Å². The highest BCUT2D eigenvalue weighted by atomic mass is 79.9. The second kappa shape index (κ2) is 16.4. The molecule has 0 amide bonds. The smallest absolute Gasteiger partial charge is 0.280 e. The number of unbranched alkanes of at least 4 members (excludes halogenated alkanes) is 3. The van der Waals surface area contributed by atoms with Crippen molar-refractivity contribution in [3.63, 3.8) is 0 Å². The van der Waals surface area contributed by atoms with E-state index >= 15 is 0 Å². The van der Waals surface area contributed by atoms with Gasteiger partial charge in [-0.1, -0.05) is 39.5 Å². The minimum atomic E-state index is 0.0417. The Balaban J connectivity index is 0. The summed E-state index contributed by atoms with van der Waals surface area (Å²) in [5.74, 6) is 0. The fourth-order valence-corrected chi connectivity index (χ4v) is 0.500. The maximum absolute atomic E-state index is 3.20. The first-order chi connectivity index (χ1) is 4.33. The first-order valence-corrected chi connectivity index (χ1v) is 11.2. The van der Waals surface area contributed by atoms with Crippen molar-refractivity contribution in [2.75, 3.05) is 0 Å². The zero-order chi connectivity index (χ0) is 7.54. The van der Waals surface area contributed by atoms with E-state index in [1.165, 1.54) is 25.7 Å². The fraction of sp³-hybridized carbons (Fsp3) is 1.00. The maximum Gasteiger partial charge on any atom is 0.560 e. The Morgan fingerprint density at radius 1 is 1.00 bits per heavy atom. The van der Waals surface area contributed by atoms with Crippen LogP contribution in [0.4, 0.5) is 0 Å². The third-order valence-corrected chi connectivity index (χ3v) is 0.957. The standard InChI is InChI=1S/C6H14.2BrH.Mg/c1-3-5-6-4-2;;;/h3-6H2,1-2H3;2*1H;/q;;;+2/p-2. The zero-order valence-electron chi connectivity index (χ0n) is 6.29. The summed E-state index contributed by atoms with van der Waals surface area (Å²) in [5, 5.41) is 0. The van der Waals surface area contributed by atoms with Crippen molar-refractivity contribution >= 4 is 41.8 Å². The lowest BCUT2D eigenvalue weighted by atomic mass is 10.2. The van der Waals surface area contributed by atoms with Gasteiger partial charge in [-0.15, -0.1) is 0 Å². The predicted molar refractivity (Wildman–Crippen MR) is 53.4 cm³/mol. The van der Waals surface area contributed by atoms with Gasteiger partial charge in [0.2, 0.25) is 0 Å². The minimum Gasteiger partial charge on any atom is -0.280 e. The van der Waals surface area contributed by atoms with Gasteiger partial charge < -0.3 is 0 Å². The lowest BCUT2D eigenvalue weighted by molar-refractivity contribution is 0.702. The third kappa shape index (κ3) is 26.0. The zero-order valence-corrected chi connectivity index (χ0v) is 10.9. The van der Waals surface area contributed by atoms with Gasteiger partial charge in [-0.3, -0.25) is 25.8 Å². The van der Waals surface area contributed by atoms with Crippen molar-refractivity contribution in [2.45, 2.75) is 39.5 Å². The third-order valence-electron chi connectivity index (χ3n) is 0.957. The summed E-state index contributed by atoms with van der Waals surface area (Å²) in [6, 6.07) is 0. The molecule has 0 saturated carbocycles. The van der Waals surface area contributed by atoms with Gasteiger partial charge in [0.25, 0.3) is 0 Å². The SMILES string of the molecule is CCCCCC.[Br][Mg][Br]. The highest BCUT2D eigenvalue weighted by Gasteiger charge is 1.75. The molecule has 0 aliphatic heterocycles. The van der Waals surface area contributed by atoms with Crippen molar-refractivity contribution in [1.29, 1.82) is 0 Å². The van der Waals surface area contributed by atoms with Gasteiger partial charge in [0.1, 0.15) is 0 Å². The molecule has 0 atom stereocenters. The molecule has 0 N–H and O–H groups in total. The van der Waals surface area contributed by atoms with Crippen LogP contribution in [0, 0.1) is 0 Å². The highest BCUT2D eigenvalue weighted by Crippen LogP contribution is 1.95. The fourth-order valence-electron chi connectivity index (χ4n) is 0.500. The number of halogens is 2. The Morgan fingerprint density at radius 2 is 1.22 bits per heavy atom. The molecule has 0 unspecified atom stereocenters. The molecule has 0 heterocycles. The Bertz CT molecular complexity index is 30.2. The molecule has 9 heavy (non-hydrogen) atoms. The Kier molecular flexibility index (Phi) is 24.2. The van der Waals surface area contributed by atoms with Crippen LogP contribution >= 0.6 is 25.8 Å². The van der Waals surface area contributed by atoms with Gasteiger partial charge in [-0.25, -0.2) is 0 Å². The summed E-state index contributed by atoms with van der Waals surface area (Å²) >= 11 is 6.44. The molecule has 0 saturated heterocycles. The molecule has 0 aromatic heterocycles. The molecule has 0 fully saturated rings. The van der Waals surface area contributed by atoms with Gasteiger partial charge in [-0.2, -0.15) is 0 Å². The van der Waals surface area contributed by atoms with Crippen LogP contribution in [-0.2, 0) is 0 Å². The maximum atomic E-state index is 3.20. The molecular weight excluding hydrogens is 256 g/mol. The van der Waals surface area contributed by atoms with Crippen LogP contribution < -0.4 is 0 Å². The first-order valence-electron chi connectivity index (χ1n) is 3.45. The number of hydrogen-bond acceptors (Lipinski definition) is 0. The van der Waals surface area contributed by atoms with E-state index in [0.29, 0.717) is 0 Å². The Labute approximate surface area is 80.6 Å². The van der Waals surface area contributed by atoms with Gasteiger partial charge in [0, 0.05) is 0 Å². The summed E-state index contributed by atoms with van der Waals surface area (Å²) in [4.78, 5) is 0. The van der Waals surface area contributed by atoms with E-state index in [4.69, 9.17) is 0 Å². The average Bonchev–Trinajstić information content (AvgIpc) is 1.86. The topological polar surface area (TPSA) is 0 Å². The van der Waals surface area contributed by atoms with Crippen molar-refractivity contribution < 1.29 is 0 Å². The lowest BCUT2D eigenvalue weighted by Crippen LogP contribution is -1.66. The van der Waals surface area contributed by atoms with Crippen LogP contribution in [0.2, 0.25) is 0 Å². The predicted octanol–water partition coefficient (Wildman–Crippen LogP) is 3.90. The molecule has 0 aliphatic carbocycles. The highest BCUT2D eigenvalue weighted by molar-refractivity contribution is 9.47. The van der Waals surface area contributed by atoms with E-state index in [0.717, 1.165) is 0 Å². The first kappa shape index (κ1) is 13.3. The molecule has 54 valence electrons. The Hall–Kier alpha value is 1.73. The second-order valence-corrected chi connectivity index (χ2v) is 9.89. The van der Waals surface area contributed by atoms with Crippen LogP contribution in [0.3, 0.4) is 0 Å². The van der Waals surface area contributed by atoms with Crippen LogP contribution in [0.15, 0.2) is 0 Å². The molecule has 0 rings (SSSR count). The normalized spacial score (nSPS) is 7.11. The van der Waals surface area contributed by atoms with Crippen molar-refractivity contribution in [3.05, 3.63) is 0 Å². The summed E-state index contributed by atoms with van der Waals surface area (Å²) in [7, 11) is 0. The Morgan fingerprint density at radius 3 is 1.33 bits per heavy atom. The molecule has 0 spiro atoms. The van der Waals surface area contributed by atoms with Crippen LogP contribution in [0.5, 0.6) is 0 Å². The van der Waals surface area contributed by atoms with E-state index < -0.39 is 0 Å². The molecule has 3 heteroatoms. The minimum absolute atomic E-state index is 0.0417. The molecule has 0 nitrogen and oxygen atoms in total. The van der Waals surface area contributed by atoms with Gasteiger partial charge in [0.05, 0.1) is 0 Å². The molecule has 0 aliphatic rings. The van der Waals surface area contributed by atoms with E-state index in [1.807, 2.05) is 0 Å². The second-order valence-electron chi connectivity index (χ2n) is 1.81. The molecule has 0 aromatic carbocycles. The quantitative estimate of drug-likeness (QED) is 0.539. The van der Waals surface area contributed by atoms with E-state index in [1.54, 1.807) is 0 Å². The summed E-state index contributed by atoms with van der Waals surface area (Å²) in [6.07, 6.45) is 5.54. The molecule has 0 radical (unpaired) electrons. The molecule has 0 aromatic rings. The van der Waals surface area contributed by atoms with E-state index in [9.17, 15) is 0 Å². The van der Waals surface area contributed by atoms with Gasteiger partial charge >= 0.3 is 16.0 Å². The largest absolute Gasteiger partial charge is 0.560 e. The molecular formula is C6H14Br2Mg. The van der Waals surface area contributed by atoms with E-state index in [2.05, 4.69) is 39.6 Å². The molecule has 0 bridgehead atoms. The van der Waals surface area contributed by atoms with Crippen LogP contribution in [0.25, 0.3) is 0 Å². The van der Waals surface area contributed by atoms with Crippen molar-refractivity contribution in [3.8, 4) is 0 Å². The van der Waals surface area contributed by atoms with Crippen LogP contribution in [-0.4, -0.2) is 16.0 Å². The van der Waals surface area contributed by atoms with Gasteiger partial charge in [-0.05, 0) is 0 Å². The summed E-state index contributed by atoms with van der Waals surface area (Å²) in [5.41, 5.74) is 0. The number of hydrogen-bond donors (Lipinski definition) is 0. The van der Waals surface area contributed by atoms with Gasteiger partial charge in [0.15, 0.2) is 0 Å². The number of rotatable bonds is 3. The van der Waals surface area contributed by atoms with Crippen molar-refractivity contribution in [1.82, 2.24) is 0 Å². The lowest BCUT2D eigenvalue weighted by Gasteiger charge is -1.86. The summed E-state index contributed by atoms with van der Waals surface area (Å²) in [6.45, 7) is 4.46. The monoisotopic (exact) mass is 268 g/mol. The summed E-state index contributed by atoms with van der Waals surface area (Å²) < 4.78 is 0. The van der Waals surface area contributed by atoms with E-state index in [-0.39, 0.29) is 16.0 Å².